The molecule has 0 bridgehead atoms. The van der Waals surface area contributed by atoms with E-state index in [2.05, 4.69) is 38.8 Å². The Kier molecular flexibility index (Phi) is 4.41. The van der Waals surface area contributed by atoms with Crippen LogP contribution in [0.5, 0.6) is 0 Å². The van der Waals surface area contributed by atoms with Gasteiger partial charge in [-0.15, -0.1) is 11.3 Å². The van der Waals surface area contributed by atoms with E-state index >= 15 is 0 Å². The molecule has 0 atom stereocenters. The summed E-state index contributed by atoms with van der Waals surface area (Å²) >= 11 is 8.46. The second kappa shape index (κ2) is 5.68. The lowest BCUT2D eigenvalue weighted by Crippen LogP contribution is -2.03. The topological polar surface area (TPSA) is 17.1 Å². The molecule has 1 heterocycles. The summed E-state index contributed by atoms with van der Waals surface area (Å²) in [7, 11) is 0. The zero-order chi connectivity index (χ0) is 13.3. The molecule has 0 saturated heterocycles. The Morgan fingerprint density at radius 1 is 1.28 bits per heavy atom. The van der Waals surface area contributed by atoms with Crippen molar-refractivity contribution in [2.75, 3.05) is 0 Å². The molecule has 94 valence electrons. The van der Waals surface area contributed by atoms with E-state index in [1.165, 1.54) is 11.3 Å². The van der Waals surface area contributed by atoms with Crippen molar-refractivity contribution >= 4 is 49.0 Å². The first-order valence-electron chi connectivity index (χ1n) is 5.61. The van der Waals surface area contributed by atoms with Crippen molar-refractivity contribution in [3.8, 4) is 0 Å². The van der Waals surface area contributed by atoms with E-state index in [0.717, 1.165) is 31.4 Å². The first kappa shape index (κ1) is 14.0. The fourth-order valence-electron chi connectivity index (χ4n) is 1.76. The first-order valence-corrected chi connectivity index (χ1v) is 8.07. The number of benzene rings is 1. The van der Waals surface area contributed by atoms with E-state index in [-0.39, 0.29) is 5.78 Å². The van der Waals surface area contributed by atoms with Gasteiger partial charge in [0.1, 0.15) is 0 Å². The maximum atomic E-state index is 12.5. The molecule has 2 aromatic rings. The number of halogens is 2. The molecule has 4 heteroatoms. The number of hydrogen-bond acceptors (Lipinski definition) is 2. The predicted molar refractivity (Wildman–Crippen MR) is 83.7 cm³/mol. The SMILES string of the molecule is CCc1ccsc1C(=O)c1cc(Br)c(C)cc1Br. The molecule has 0 spiro atoms. The van der Waals surface area contributed by atoms with Gasteiger partial charge in [0, 0.05) is 14.5 Å². The van der Waals surface area contributed by atoms with Gasteiger partial charge in [-0.25, -0.2) is 0 Å². The third kappa shape index (κ3) is 2.60. The number of carbonyl (C=O) groups is 1. The summed E-state index contributed by atoms with van der Waals surface area (Å²) in [5.74, 6) is 0.0921. The number of ketones is 1. The molecular weight excluding hydrogens is 376 g/mol. The fourth-order valence-corrected chi connectivity index (χ4v) is 3.69. The first-order chi connectivity index (χ1) is 8.54. The summed E-state index contributed by atoms with van der Waals surface area (Å²) in [5.41, 5.74) is 2.94. The average molecular weight is 388 g/mol. The van der Waals surface area contributed by atoms with Crippen molar-refractivity contribution in [3.63, 3.8) is 0 Å². The number of hydrogen-bond donors (Lipinski definition) is 0. The van der Waals surface area contributed by atoms with E-state index in [9.17, 15) is 4.79 Å². The molecule has 1 aromatic carbocycles. The molecule has 0 unspecified atom stereocenters. The summed E-state index contributed by atoms with van der Waals surface area (Å²) in [5, 5.41) is 1.98. The molecule has 0 fully saturated rings. The average Bonchev–Trinajstić information content (AvgIpc) is 2.81. The van der Waals surface area contributed by atoms with Crippen molar-refractivity contribution in [3.05, 3.63) is 54.1 Å². The van der Waals surface area contributed by atoms with Gasteiger partial charge in [0.2, 0.25) is 5.78 Å². The highest BCUT2D eigenvalue weighted by Crippen LogP contribution is 2.29. The fraction of sp³-hybridized carbons (Fsp3) is 0.214. The highest BCUT2D eigenvalue weighted by molar-refractivity contribution is 9.11. The van der Waals surface area contributed by atoms with Gasteiger partial charge in [0.05, 0.1) is 4.88 Å². The van der Waals surface area contributed by atoms with E-state index in [4.69, 9.17) is 0 Å². The lowest BCUT2D eigenvalue weighted by Gasteiger charge is -2.07. The van der Waals surface area contributed by atoms with Gasteiger partial charge in [-0.3, -0.25) is 4.79 Å². The molecule has 0 amide bonds. The van der Waals surface area contributed by atoms with Crippen LogP contribution in [0.1, 0.15) is 33.3 Å². The van der Waals surface area contributed by atoms with E-state index in [1.54, 1.807) is 0 Å². The van der Waals surface area contributed by atoms with Crippen LogP contribution in [0.3, 0.4) is 0 Å². The smallest absolute Gasteiger partial charge is 0.204 e. The molecule has 0 aliphatic rings. The Labute approximate surface area is 127 Å². The Morgan fingerprint density at radius 3 is 2.67 bits per heavy atom. The van der Waals surface area contributed by atoms with Crippen LogP contribution in [-0.2, 0) is 6.42 Å². The number of aryl methyl sites for hydroxylation is 2. The minimum atomic E-state index is 0.0921. The lowest BCUT2D eigenvalue weighted by atomic mass is 10.0. The van der Waals surface area contributed by atoms with Crippen LogP contribution < -0.4 is 0 Å². The molecule has 0 saturated carbocycles. The second-order valence-corrected chi connectivity index (χ2v) is 6.66. The van der Waals surface area contributed by atoms with Gasteiger partial charge in [-0.1, -0.05) is 38.8 Å². The Morgan fingerprint density at radius 2 is 2.00 bits per heavy atom. The molecule has 0 N–H and O–H groups in total. The summed E-state index contributed by atoms with van der Waals surface area (Å²) in [6.45, 7) is 4.07. The predicted octanol–water partition coefficient (Wildman–Crippen LogP) is 5.37. The number of rotatable bonds is 3. The second-order valence-electron chi connectivity index (χ2n) is 4.04. The van der Waals surface area contributed by atoms with Gasteiger partial charge in [0.15, 0.2) is 0 Å². The van der Waals surface area contributed by atoms with Crippen molar-refractivity contribution in [2.24, 2.45) is 0 Å². The molecule has 0 radical (unpaired) electrons. The van der Waals surface area contributed by atoms with E-state index in [1.807, 2.05) is 30.5 Å². The largest absolute Gasteiger partial charge is 0.288 e. The molecule has 18 heavy (non-hydrogen) atoms. The van der Waals surface area contributed by atoms with E-state index < -0.39 is 0 Å². The van der Waals surface area contributed by atoms with Crippen LogP contribution in [-0.4, -0.2) is 5.78 Å². The Balaban J connectivity index is 2.50. The van der Waals surface area contributed by atoms with Crippen molar-refractivity contribution < 1.29 is 4.79 Å². The van der Waals surface area contributed by atoms with E-state index in [0.29, 0.717) is 5.56 Å². The van der Waals surface area contributed by atoms with Crippen LogP contribution in [0, 0.1) is 6.92 Å². The molecule has 2 rings (SSSR count). The monoisotopic (exact) mass is 386 g/mol. The maximum Gasteiger partial charge on any atom is 0.204 e. The summed E-state index contributed by atoms with van der Waals surface area (Å²) in [6.07, 6.45) is 0.884. The summed E-state index contributed by atoms with van der Waals surface area (Å²) < 4.78 is 1.81. The lowest BCUT2D eigenvalue weighted by molar-refractivity contribution is 0.104. The normalized spacial score (nSPS) is 10.7. The number of thiophene rings is 1. The molecule has 1 aromatic heterocycles. The van der Waals surface area contributed by atoms with Crippen LogP contribution in [0.4, 0.5) is 0 Å². The number of carbonyl (C=O) groups excluding carboxylic acids is 1. The standard InChI is InChI=1S/C14H12Br2OS/c1-3-9-4-5-18-14(9)13(17)10-7-11(15)8(2)6-12(10)16/h4-7H,3H2,1-2H3. The molecular formula is C14H12Br2OS. The van der Waals surface area contributed by atoms with Gasteiger partial charge in [-0.2, -0.15) is 0 Å². The Bertz CT molecular complexity index is 602. The Hall–Kier alpha value is -0.450. The highest BCUT2D eigenvalue weighted by atomic mass is 79.9. The van der Waals surface area contributed by atoms with Gasteiger partial charge < -0.3 is 0 Å². The molecule has 1 nitrogen and oxygen atoms in total. The van der Waals surface area contributed by atoms with Crippen LogP contribution >= 0.6 is 43.2 Å². The minimum Gasteiger partial charge on any atom is -0.288 e. The van der Waals surface area contributed by atoms with Gasteiger partial charge >= 0.3 is 0 Å². The van der Waals surface area contributed by atoms with Crippen molar-refractivity contribution in [1.82, 2.24) is 0 Å². The third-order valence-electron chi connectivity index (χ3n) is 2.83. The van der Waals surface area contributed by atoms with Crippen LogP contribution in [0.15, 0.2) is 32.5 Å². The highest BCUT2D eigenvalue weighted by Gasteiger charge is 2.18. The summed E-state index contributed by atoms with van der Waals surface area (Å²) in [4.78, 5) is 13.4. The molecule has 0 aliphatic carbocycles. The van der Waals surface area contributed by atoms with Crippen LogP contribution in [0.2, 0.25) is 0 Å². The third-order valence-corrected chi connectivity index (χ3v) is 5.29. The quantitative estimate of drug-likeness (QED) is 0.646. The van der Waals surface area contributed by atoms with Crippen molar-refractivity contribution in [2.45, 2.75) is 20.3 Å². The molecule has 0 aliphatic heterocycles. The summed E-state index contributed by atoms with van der Waals surface area (Å²) in [6, 6.07) is 5.88. The van der Waals surface area contributed by atoms with Crippen LogP contribution in [0.25, 0.3) is 0 Å². The van der Waals surface area contributed by atoms with Gasteiger partial charge in [0.25, 0.3) is 0 Å². The zero-order valence-corrected chi connectivity index (χ0v) is 14.1. The minimum absolute atomic E-state index is 0.0921. The maximum absolute atomic E-state index is 12.5. The van der Waals surface area contributed by atoms with Gasteiger partial charge in [-0.05, 0) is 48.1 Å². The van der Waals surface area contributed by atoms with Crippen molar-refractivity contribution in [1.29, 1.82) is 0 Å². The zero-order valence-electron chi connectivity index (χ0n) is 10.1.